The summed E-state index contributed by atoms with van der Waals surface area (Å²) < 4.78 is 0. The van der Waals surface area contributed by atoms with Gasteiger partial charge in [-0.15, -0.1) is 0 Å². The lowest BCUT2D eigenvalue weighted by atomic mass is 10.0. The van der Waals surface area contributed by atoms with Crippen molar-refractivity contribution < 1.29 is 4.92 Å². The Hall–Kier alpha value is -1.13. The SMILES string of the molecule is CCCC(Cc1ccc(Cl)cc1[N+](=O)[O-])NCC. The number of rotatable bonds is 7. The minimum atomic E-state index is -0.365. The molecule has 1 N–H and O–H groups in total. The quantitative estimate of drug-likeness (QED) is 0.609. The second-order valence-corrected chi connectivity index (χ2v) is 4.71. The Balaban J connectivity index is 2.90. The summed E-state index contributed by atoms with van der Waals surface area (Å²) in [7, 11) is 0. The second kappa shape index (κ2) is 7.34. The fourth-order valence-electron chi connectivity index (χ4n) is 2.06. The number of likely N-dealkylation sites (N-methyl/N-ethyl adjacent to an activating group) is 1. The molecule has 0 aromatic heterocycles. The Labute approximate surface area is 112 Å². The molecule has 0 aliphatic heterocycles. The van der Waals surface area contributed by atoms with E-state index in [2.05, 4.69) is 12.2 Å². The molecule has 0 amide bonds. The Kier molecular flexibility index (Phi) is 6.09. The predicted molar refractivity (Wildman–Crippen MR) is 74.2 cm³/mol. The first-order chi connectivity index (χ1) is 8.58. The van der Waals surface area contributed by atoms with Gasteiger partial charge in [-0.25, -0.2) is 0 Å². The highest BCUT2D eigenvalue weighted by atomic mass is 35.5. The van der Waals surface area contributed by atoms with Gasteiger partial charge in [0.25, 0.3) is 5.69 Å². The molecule has 0 aliphatic carbocycles. The molecule has 0 spiro atoms. The van der Waals surface area contributed by atoms with Crippen molar-refractivity contribution >= 4 is 17.3 Å². The molecular weight excluding hydrogens is 252 g/mol. The zero-order valence-corrected chi connectivity index (χ0v) is 11.5. The molecule has 5 heteroatoms. The number of hydrogen-bond donors (Lipinski definition) is 1. The molecule has 4 nitrogen and oxygen atoms in total. The first-order valence-corrected chi connectivity index (χ1v) is 6.62. The number of nitrogens with zero attached hydrogens (tertiary/aromatic N) is 1. The van der Waals surface area contributed by atoms with E-state index in [1.165, 1.54) is 6.07 Å². The maximum absolute atomic E-state index is 11.0. The number of hydrogen-bond acceptors (Lipinski definition) is 3. The lowest BCUT2D eigenvalue weighted by molar-refractivity contribution is -0.385. The fraction of sp³-hybridized carbons (Fsp3) is 0.538. The van der Waals surface area contributed by atoms with Crippen LogP contribution in [0.25, 0.3) is 0 Å². The lowest BCUT2D eigenvalue weighted by Gasteiger charge is -2.17. The normalized spacial score (nSPS) is 12.4. The molecule has 18 heavy (non-hydrogen) atoms. The fourth-order valence-corrected chi connectivity index (χ4v) is 2.22. The van der Waals surface area contributed by atoms with Crippen molar-refractivity contribution in [3.05, 3.63) is 38.9 Å². The predicted octanol–water partition coefficient (Wildman–Crippen LogP) is 3.57. The highest BCUT2D eigenvalue weighted by Crippen LogP contribution is 2.24. The molecule has 1 aromatic carbocycles. The van der Waals surface area contributed by atoms with Crippen molar-refractivity contribution in [2.45, 2.75) is 39.2 Å². The Morgan fingerprint density at radius 1 is 1.44 bits per heavy atom. The first kappa shape index (κ1) is 14.9. The second-order valence-electron chi connectivity index (χ2n) is 4.28. The van der Waals surface area contributed by atoms with Crippen molar-refractivity contribution in [2.24, 2.45) is 0 Å². The molecule has 0 saturated carbocycles. The maximum atomic E-state index is 11.0. The molecule has 0 radical (unpaired) electrons. The molecule has 0 fully saturated rings. The summed E-state index contributed by atoms with van der Waals surface area (Å²) in [6, 6.07) is 5.16. The Bertz CT molecular complexity index is 404. The summed E-state index contributed by atoms with van der Waals surface area (Å²) >= 11 is 5.80. The maximum Gasteiger partial charge on any atom is 0.274 e. The van der Waals surface area contributed by atoms with Gasteiger partial charge in [0.15, 0.2) is 0 Å². The third-order valence-corrected chi connectivity index (χ3v) is 3.08. The molecule has 1 atom stereocenters. The van der Waals surface area contributed by atoms with Crippen LogP contribution in [0.1, 0.15) is 32.3 Å². The summed E-state index contributed by atoms with van der Waals surface area (Å²) in [6.07, 6.45) is 2.72. The van der Waals surface area contributed by atoms with E-state index < -0.39 is 0 Å². The van der Waals surface area contributed by atoms with Crippen molar-refractivity contribution in [1.29, 1.82) is 0 Å². The minimum Gasteiger partial charge on any atom is -0.314 e. The number of benzene rings is 1. The minimum absolute atomic E-state index is 0.113. The van der Waals surface area contributed by atoms with Gasteiger partial charge in [0.2, 0.25) is 0 Å². The molecule has 1 unspecified atom stereocenters. The number of nitro groups is 1. The van der Waals surface area contributed by atoms with E-state index in [4.69, 9.17) is 11.6 Å². The van der Waals surface area contributed by atoms with Crippen molar-refractivity contribution in [2.75, 3.05) is 6.54 Å². The summed E-state index contributed by atoms with van der Waals surface area (Å²) in [6.45, 7) is 5.02. The van der Waals surface area contributed by atoms with Gasteiger partial charge in [-0.05, 0) is 25.5 Å². The molecule has 1 aromatic rings. The third-order valence-electron chi connectivity index (χ3n) is 2.84. The van der Waals surface area contributed by atoms with Crippen LogP contribution in [0.15, 0.2) is 18.2 Å². The third kappa shape index (κ3) is 4.27. The highest BCUT2D eigenvalue weighted by Gasteiger charge is 2.17. The van der Waals surface area contributed by atoms with Gasteiger partial charge < -0.3 is 5.32 Å². The van der Waals surface area contributed by atoms with Crippen molar-refractivity contribution in [3.8, 4) is 0 Å². The summed E-state index contributed by atoms with van der Waals surface area (Å²) in [5.41, 5.74) is 0.852. The van der Waals surface area contributed by atoms with Crippen LogP contribution in [0, 0.1) is 10.1 Å². The number of nitrogens with one attached hydrogen (secondary N) is 1. The topological polar surface area (TPSA) is 55.2 Å². The molecule has 0 aliphatic rings. The van der Waals surface area contributed by atoms with Crippen LogP contribution in [0.3, 0.4) is 0 Å². The van der Waals surface area contributed by atoms with Crippen LogP contribution < -0.4 is 5.32 Å². The van der Waals surface area contributed by atoms with E-state index in [1.54, 1.807) is 12.1 Å². The molecule has 1 rings (SSSR count). The highest BCUT2D eigenvalue weighted by molar-refractivity contribution is 6.30. The first-order valence-electron chi connectivity index (χ1n) is 6.24. The average molecular weight is 271 g/mol. The van der Waals surface area contributed by atoms with Gasteiger partial charge in [0, 0.05) is 22.7 Å². The van der Waals surface area contributed by atoms with E-state index in [1.807, 2.05) is 6.92 Å². The molecule has 0 heterocycles. The van der Waals surface area contributed by atoms with Crippen molar-refractivity contribution in [3.63, 3.8) is 0 Å². The number of halogens is 1. The van der Waals surface area contributed by atoms with Crippen LogP contribution in [-0.4, -0.2) is 17.5 Å². The largest absolute Gasteiger partial charge is 0.314 e. The van der Waals surface area contributed by atoms with Crippen LogP contribution in [0.2, 0.25) is 5.02 Å². The average Bonchev–Trinajstić information content (AvgIpc) is 2.32. The van der Waals surface area contributed by atoms with E-state index in [0.717, 1.165) is 24.9 Å². The zero-order valence-electron chi connectivity index (χ0n) is 10.8. The van der Waals surface area contributed by atoms with E-state index in [-0.39, 0.29) is 16.7 Å². The summed E-state index contributed by atoms with van der Waals surface area (Å²) in [5.74, 6) is 0. The van der Waals surface area contributed by atoms with Gasteiger partial charge in [-0.1, -0.05) is 37.9 Å². The summed E-state index contributed by atoms with van der Waals surface area (Å²) in [5, 5.41) is 14.8. The molecule has 100 valence electrons. The van der Waals surface area contributed by atoms with E-state index in [9.17, 15) is 10.1 Å². The number of nitro benzene ring substituents is 1. The van der Waals surface area contributed by atoms with Crippen LogP contribution in [0.4, 0.5) is 5.69 Å². The van der Waals surface area contributed by atoms with E-state index >= 15 is 0 Å². The smallest absolute Gasteiger partial charge is 0.274 e. The molecular formula is C13H19ClN2O2. The summed E-state index contributed by atoms with van der Waals surface area (Å²) in [4.78, 5) is 10.6. The standard InChI is InChI=1S/C13H19ClN2O2/c1-3-5-12(15-4-2)8-10-6-7-11(14)9-13(10)16(17)18/h6-7,9,12,15H,3-5,8H2,1-2H3. The monoisotopic (exact) mass is 270 g/mol. The molecule has 0 saturated heterocycles. The van der Waals surface area contributed by atoms with Crippen molar-refractivity contribution in [1.82, 2.24) is 5.32 Å². The Morgan fingerprint density at radius 2 is 2.17 bits per heavy atom. The Morgan fingerprint density at radius 3 is 2.72 bits per heavy atom. The van der Waals surface area contributed by atoms with Gasteiger partial charge >= 0.3 is 0 Å². The van der Waals surface area contributed by atoms with Crippen LogP contribution in [0.5, 0.6) is 0 Å². The van der Waals surface area contributed by atoms with Crippen LogP contribution in [-0.2, 0) is 6.42 Å². The van der Waals surface area contributed by atoms with E-state index in [0.29, 0.717) is 11.4 Å². The van der Waals surface area contributed by atoms with Crippen LogP contribution >= 0.6 is 11.6 Å². The van der Waals surface area contributed by atoms with Gasteiger partial charge in [0.1, 0.15) is 0 Å². The van der Waals surface area contributed by atoms with Gasteiger partial charge in [-0.2, -0.15) is 0 Å². The van der Waals surface area contributed by atoms with Gasteiger partial charge in [-0.3, -0.25) is 10.1 Å². The van der Waals surface area contributed by atoms with Gasteiger partial charge in [0.05, 0.1) is 4.92 Å². The lowest BCUT2D eigenvalue weighted by Crippen LogP contribution is -2.31. The zero-order chi connectivity index (χ0) is 13.5. The molecule has 0 bridgehead atoms.